The normalized spacial score (nSPS) is 12.1. The van der Waals surface area contributed by atoms with Crippen molar-refractivity contribution >= 4 is 0 Å². The summed E-state index contributed by atoms with van der Waals surface area (Å²) in [6, 6.07) is 19.1. The van der Waals surface area contributed by atoms with Gasteiger partial charge in [-0.25, -0.2) is 0 Å². The first-order chi connectivity index (χ1) is 9.83. The monoisotopic (exact) mass is 269 g/mol. The fourth-order valence-electron chi connectivity index (χ4n) is 2.27. The van der Waals surface area contributed by atoms with Crippen LogP contribution in [0.3, 0.4) is 0 Å². The number of nitrogens with one attached hydrogen (secondary N) is 1. The molecule has 0 aliphatic heterocycles. The van der Waals surface area contributed by atoms with Crippen molar-refractivity contribution in [1.29, 1.82) is 0 Å². The number of benzene rings is 2. The van der Waals surface area contributed by atoms with Crippen LogP contribution in [-0.4, -0.2) is 13.7 Å². The Balaban J connectivity index is 1.88. The predicted molar refractivity (Wildman–Crippen MR) is 84.2 cm³/mol. The third-order valence-electron chi connectivity index (χ3n) is 3.56. The lowest BCUT2D eigenvalue weighted by Crippen LogP contribution is -2.19. The quantitative estimate of drug-likeness (QED) is 0.821. The van der Waals surface area contributed by atoms with Crippen LogP contribution in [0, 0.1) is 0 Å². The lowest BCUT2D eigenvalue weighted by Gasteiger charge is -2.17. The third-order valence-corrected chi connectivity index (χ3v) is 3.56. The number of para-hydroxylation sites is 1. The second-order valence-electron chi connectivity index (χ2n) is 4.89. The molecule has 0 heterocycles. The second kappa shape index (κ2) is 7.71. The molecule has 0 aromatic heterocycles. The molecule has 2 nitrogen and oxygen atoms in total. The summed E-state index contributed by atoms with van der Waals surface area (Å²) in [5.74, 6) is 0.934. The van der Waals surface area contributed by atoms with E-state index in [-0.39, 0.29) is 0 Å². The minimum atomic E-state index is 0.338. The van der Waals surface area contributed by atoms with E-state index in [1.54, 1.807) is 0 Å². The highest BCUT2D eigenvalue weighted by atomic mass is 16.5. The van der Waals surface area contributed by atoms with Crippen LogP contribution in [0.15, 0.2) is 54.6 Å². The highest BCUT2D eigenvalue weighted by Gasteiger charge is 2.09. The van der Waals surface area contributed by atoms with Crippen LogP contribution in [0.2, 0.25) is 0 Å². The Labute approximate surface area is 121 Å². The van der Waals surface area contributed by atoms with Gasteiger partial charge >= 0.3 is 0 Å². The van der Waals surface area contributed by atoms with Gasteiger partial charge in [-0.1, -0.05) is 49.4 Å². The smallest absolute Gasteiger partial charge is 0.119 e. The van der Waals surface area contributed by atoms with Crippen LogP contribution < -0.4 is 10.1 Å². The summed E-state index contributed by atoms with van der Waals surface area (Å²) in [5, 5.41) is 3.36. The fraction of sp³-hybridized carbons (Fsp3) is 0.333. The number of hydrogen-bond acceptors (Lipinski definition) is 2. The summed E-state index contributed by atoms with van der Waals surface area (Å²) in [6.07, 6.45) is 2.04. The second-order valence-corrected chi connectivity index (χ2v) is 4.89. The van der Waals surface area contributed by atoms with Crippen LogP contribution >= 0.6 is 0 Å². The highest BCUT2D eigenvalue weighted by molar-refractivity contribution is 5.25. The van der Waals surface area contributed by atoms with Crippen molar-refractivity contribution in [3.05, 3.63) is 65.7 Å². The SMILES string of the molecule is CCc1ccc(C(CCOc2ccccc2)NC)cc1. The Morgan fingerprint density at radius 1 is 1.00 bits per heavy atom. The van der Waals surface area contributed by atoms with Gasteiger partial charge in [-0.15, -0.1) is 0 Å². The zero-order valence-electron chi connectivity index (χ0n) is 12.3. The van der Waals surface area contributed by atoms with E-state index in [0.717, 1.165) is 18.6 Å². The molecule has 0 saturated carbocycles. The average molecular weight is 269 g/mol. The van der Waals surface area contributed by atoms with E-state index in [1.807, 2.05) is 37.4 Å². The van der Waals surface area contributed by atoms with Gasteiger partial charge in [-0.05, 0) is 36.7 Å². The fourth-order valence-corrected chi connectivity index (χ4v) is 2.27. The van der Waals surface area contributed by atoms with E-state index in [9.17, 15) is 0 Å². The van der Waals surface area contributed by atoms with Gasteiger partial charge in [-0.3, -0.25) is 0 Å². The first-order valence-corrected chi connectivity index (χ1v) is 7.27. The van der Waals surface area contributed by atoms with Crippen LogP contribution in [0.1, 0.15) is 30.5 Å². The Morgan fingerprint density at radius 3 is 2.30 bits per heavy atom. The molecule has 2 aromatic carbocycles. The molecule has 0 fully saturated rings. The maximum absolute atomic E-state index is 5.76. The van der Waals surface area contributed by atoms with Crippen molar-refractivity contribution in [2.24, 2.45) is 0 Å². The van der Waals surface area contributed by atoms with E-state index < -0.39 is 0 Å². The van der Waals surface area contributed by atoms with Gasteiger partial charge in [0.15, 0.2) is 0 Å². The van der Waals surface area contributed by atoms with Gasteiger partial charge < -0.3 is 10.1 Å². The third kappa shape index (κ3) is 4.10. The zero-order chi connectivity index (χ0) is 14.2. The number of ether oxygens (including phenoxy) is 1. The Bertz CT molecular complexity index is 493. The largest absolute Gasteiger partial charge is 0.494 e. The van der Waals surface area contributed by atoms with E-state index in [2.05, 4.69) is 36.5 Å². The average Bonchev–Trinajstić information content (AvgIpc) is 2.53. The van der Waals surface area contributed by atoms with Crippen LogP contribution in [0.4, 0.5) is 0 Å². The zero-order valence-corrected chi connectivity index (χ0v) is 12.3. The standard InChI is InChI=1S/C18H23NO/c1-3-15-9-11-16(12-10-15)18(19-2)13-14-20-17-7-5-4-6-8-17/h4-12,18-19H,3,13-14H2,1-2H3. The van der Waals surface area contributed by atoms with Crippen molar-refractivity contribution in [2.75, 3.05) is 13.7 Å². The van der Waals surface area contributed by atoms with Crippen molar-refractivity contribution in [3.8, 4) is 5.75 Å². The lowest BCUT2D eigenvalue weighted by atomic mass is 10.0. The van der Waals surface area contributed by atoms with Crippen LogP contribution in [0.25, 0.3) is 0 Å². The summed E-state index contributed by atoms with van der Waals surface area (Å²) in [5.41, 5.74) is 2.70. The van der Waals surface area contributed by atoms with E-state index in [0.29, 0.717) is 12.6 Å². The molecule has 1 unspecified atom stereocenters. The maximum atomic E-state index is 5.76. The molecule has 1 atom stereocenters. The highest BCUT2D eigenvalue weighted by Crippen LogP contribution is 2.18. The van der Waals surface area contributed by atoms with Crippen LogP contribution in [-0.2, 0) is 6.42 Å². The molecule has 2 heteroatoms. The van der Waals surface area contributed by atoms with E-state index >= 15 is 0 Å². The van der Waals surface area contributed by atoms with E-state index in [4.69, 9.17) is 4.74 Å². The number of hydrogen-bond donors (Lipinski definition) is 1. The van der Waals surface area contributed by atoms with Gasteiger partial charge in [0, 0.05) is 12.5 Å². The molecule has 2 aromatic rings. The predicted octanol–water partition coefficient (Wildman–Crippen LogP) is 3.98. The molecule has 0 amide bonds. The first kappa shape index (κ1) is 14.6. The Hall–Kier alpha value is -1.80. The van der Waals surface area contributed by atoms with Crippen molar-refractivity contribution in [2.45, 2.75) is 25.8 Å². The van der Waals surface area contributed by atoms with Gasteiger partial charge in [0.05, 0.1) is 6.61 Å². The molecular formula is C18H23NO. The summed E-state index contributed by atoms with van der Waals surface area (Å²) < 4.78 is 5.76. The summed E-state index contributed by atoms with van der Waals surface area (Å²) in [4.78, 5) is 0. The van der Waals surface area contributed by atoms with Crippen molar-refractivity contribution in [1.82, 2.24) is 5.32 Å². The minimum Gasteiger partial charge on any atom is -0.494 e. The molecule has 0 spiro atoms. The van der Waals surface area contributed by atoms with Crippen molar-refractivity contribution < 1.29 is 4.74 Å². The number of aryl methyl sites for hydroxylation is 1. The number of rotatable bonds is 7. The van der Waals surface area contributed by atoms with Gasteiger partial charge in [0.25, 0.3) is 0 Å². The maximum Gasteiger partial charge on any atom is 0.119 e. The molecule has 0 radical (unpaired) electrons. The summed E-state index contributed by atoms with van der Waals surface area (Å²) in [7, 11) is 2.00. The summed E-state index contributed by atoms with van der Waals surface area (Å²) >= 11 is 0. The molecule has 2 rings (SSSR count). The van der Waals surface area contributed by atoms with Gasteiger partial charge in [0.2, 0.25) is 0 Å². The minimum absolute atomic E-state index is 0.338. The molecule has 0 bridgehead atoms. The Kier molecular flexibility index (Phi) is 5.63. The lowest BCUT2D eigenvalue weighted by molar-refractivity contribution is 0.290. The molecular weight excluding hydrogens is 246 g/mol. The van der Waals surface area contributed by atoms with Gasteiger partial charge in [-0.2, -0.15) is 0 Å². The Morgan fingerprint density at radius 2 is 1.70 bits per heavy atom. The van der Waals surface area contributed by atoms with Crippen LogP contribution in [0.5, 0.6) is 5.75 Å². The molecule has 0 aliphatic carbocycles. The van der Waals surface area contributed by atoms with Gasteiger partial charge in [0.1, 0.15) is 5.75 Å². The van der Waals surface area contributed by atoms with Crippen molar-refractivity contribution in [3.63, 3.8) is 0 Å². The molecule has 1 N–H and O–H groups in total. The topological polar surface area (TPSA) is 21.3 Å². The summed E-state index contributed by atoms with van der Waals surface area (Å²) in [6.45, 7) is 2.89. The molecule has 0 aliphatic rings. The first-order valence-electron chi connectivity index (χ1n) is 7.27. The molecule has 20 heavy (non-hydrogen) atoms. The molecule has 0 saturated heterocycles. The van der Waals surface area contributed by atoms with E-state index in [1.165, 1.54) is 11.1 Å². The molecule has 106 valence electrons.